The molecule has 3 heterocycles. The molecule has 0 bridgehead atoms. The van der Waals surface area contributed by atoms with E-state index in [-0.39, 0.29) is 12.4 Å². The first-order valence-electron chi connectivity index (χ1n) is 6.83. The number of alkyl halides is 1. The van der Waals surface area contributed by atoms with Crippen molar-refractivity contribution in [2.75, 3.05) is 19.0 Å². The topological polar surface area (TPSA) is 148 Å². The summed E-state index contributed by atoms with van der Waals surface area (Å²) in [7, 11) is 0. The molecule has 3 rings (SSSR count). The van der Waals surface area contributed by atoms with Gasteiger partial charge in [0.15, 0.2) is 23.8 Å². The number of carbonyl (C=O) groups excluding carboxylic acids is 1. The number of hydrogen-bond donors (Lipinski definition) is 4. The quantitative estimate of drug-likeness (QED) is 0.510. The van der Waals surface area contributed by atoms with Gasteiger partial charge < -0.3 is 26.0 Å². The molecule has 11 heteroatoms. The van der Waals surface area contributed by atoms with E-state index < -0.39 is 37.1 Å². The van der Waals surface area contributed by atoms with Crippen molar-refractivity contribution >= 4 is 22.9 Å². The van der Waals surface area contributed by atoms with Crippen molar-refractivity contribution < 1.29 is 24.1 Å². The van der Waals surface area contributed by atoms with Crippen LogP contribution < -0.4 is 11.1 Å². The van der Waals surface area contributed by atoms with Crippen LogP contribution in [0.1, 0.15) is 6.23 Å². The molecular weight excluding hydrogens is 310 g/mol. The van der Waals surface area contributed by atoms with Gasteiger partial charge in [-0.1, -0.05) is 0 Å². The molecule has 4 atom stereocenters. The summed E-state index contributed by atoms with van der Waals surface area (Å²) in [6.07, 6.45) is -2.76. The van der Waals surface area contributed by atoms with Crippen LogP contribution in [0.4, 0.5) is 10.2 Å². The zero-order chi connectivity index (χ0) is 16.6. The highest BCUT2D eigenvalue weighted by atomic mass is 18.2. The lowest BCUT2D eigenvalue weighted by molar-refractivity contribution is -0.137. The minimum Gasteiger partial charge on any atom is -0.387 e. The lowest BCUT2D eigenvalue weighted by atomic mass is 10.1. The molecule has 2 aromatic rings. The van der Waals surface area contributed by atoms with Gasteiger partial charge >= 0.3 is 0 Å². The monoisotopic (exact) mass is 325 g/mol. The Morgan fingerprint density at radius 3 is 2.91 bits per heavy atom. The number of fused-ring (bicyclic) bond motifs is 1. The molecular formula is C12H15FN6O4. The van der Waals surface area contributed by atoms with E-state index in [1.165, 1.54) is 17.2 Å². The Morgan fingerprint density at radius 1 is 1.39 bits per heavy atom. The summed E-state index contributed by atoms with van der Waals surface area (Å²) >= 11 is 0. The van der Waals surface area contributed by atoms with Gasteiger partial charge in [-0.25, -0.2) is 19.3 Å². The normalized spacial score (nSPS) is 27.4. The predicted molar refractivity (Wildman–Crippen MR) is 74.6 cm³/mol. The van der Waals surface area contributed by atoms with Gasteiger partial charge in [-0.3, -0.25) is 9.36 Å². The van der Waals surface area contributed by atoms with Crippen LogP contribution in [0.25, 0.3) is 11.2 Å². The minimum atomic E-state index is -1.48. The number of nitrogens with one attached hydrogen (secondary N) is 1. The molecule has 1 saturated heterocycles. The van der Waals surface area contributed by atoms with Crippen LogP contribution in [0.5, 0.6) is 0 Å². The van der Waals surface area contributed by atoms with Crippen molar-refractivity contribution in [3.63, 3.8) is 0 Å². The second-order valence-corrected chi connectivity index (χ2v) is 4.99. The maximum Gasteiger partial charge on any atom is 0.252 e. The molecule has 0 saturated carbocycles. The Balaban J connectivity index is 1.88. The molecule has 23 heavy (non-hydrogen) atoms. The Hall–Kier alpha value is -2.37. The van der Waals surface area contributed by atoms with Gasteiger partial charge in [-0.2, -0.15) is 0 Å². The third-order valence-corrected chi connectivity index (χ3v) is 3.55. The summed E-state index contributed by atoms with van der Waals surface area (Å²) in [6.45, 7) is -0.952. The Morgan fingerprint density at radius 2 is 2.17 bits per heavy atom. The highest BCUT2D eigenvalue weighted by Gasteiger charge is 2.47. The Labute approximate surface area is 129 Å². The second kappa shape index (κ2) is 6.02. The molecule has 0 spiro atoms. The third kappa shape index (κ3) is 2.58. The number of carbonyl (C=O) groups is 1. The van der Waals surface area contributed by atoms with E-state index in [0.717, 1.165) is 0 Å². The molecule has 5 N–H and O–H groups in total. The maximum atomic E-state index is 12.1. The predicted octanol–water partition coefficient (Wildman–Crippen LogP) is -1.89. The molecule has 1 unspecified atom stereocenters. The van der Waals surface area contributed by atoms with Crippen molar-refractivity contribution in [1.29, 1.82) is 0 Å². The fraction of sp³-hybridized carbons (Fsp3) is 0.500. The smallest absolute Gasteiger partial charge is 0.252 e. The van der Waals surface area contributed by atoms with Gasteiger partial charge in [0.2, 0.25) is 0 Å². The van der Waals surface area contributed by atoms with Gasteiger partial charge in [0.1, 0.15) is 30.7 Å². The van der Waals surface area contributed by atoms with Crippen molar-refractivity contribution in [2.24, 2.45) is 0 Å². The van der Waals surface area contributed by atoms with Crippen molar-refractivity contribution in [1.82, 2.24) is 24.8 Å². The van der Waals surface area contributed by atoms with Crippen LogP contribution in [0.15, 0.2) is 12.7 Å². The number of imidazole rings is 1. The fourth-order valence-corrected chi connectivity index (χ4v) is 2.43. The number of ether oxygens (including phenoxy) is 1. The van der Waals surface area contributed by atoms with Crippen LogP contribution in [-0.4, -0.2) is 67.2 Å². The zero-order valence-corrected chi connectivity index (χ0v) is 11.8. The van der Waals surface area contributed by atoms with Crippen LogP contribution in [0, 0.1) is 0 Å². The van der Waals surface area contributed by atoms with Crippen LogP contribution >= 0.6 is 0 Å². The molecule has 1 aliphatic rings. The molecule has 124 valence electrons. The SMILES string of the molecule is Nc1ncnc2c1ncn2[C@@H]1OC(C(=O)NCC[18F])[C@@H](O)[C@H]1O. The highest BCUT2D eigenvalue weighted by molar-refractivity contribution is 5.82. The van der Waals surface area contributed by atoms with Gasteiger partial charge in [-0.15, -0.1) is 0 Å². The third-order valence-electron chi connectivity index (χ3n) is 3.55. The average molecular weight is 325 g/mol. The van der Waals surface area contributed by atoms with E-state index in [4.69, 9.17) is 10.5 Å². The van der Waals surface area contributed by atoms with Crippen molar-refractivity contribution in [2.45, 2.75) is 24.5 Å². The number of nitrogen functional groups attached to an aromatic ring is 1. The first-order chi connectivity index (χ1) is 11.0. The van der Waals surface area contributed by atoms with E-state index in [9.17, 15) is 19.4 Å². The van der Waals surface area contributed by atoms with Crippen LogP contribution in [-0.2, 0) is 9.53 Å². The van der Waals surface area contributed by atoms with Gasteiger partial charge in [0.25, 0.3) is 5.91 Å². The number of aromatic nitrogens is 4. The molecule has 10 nitrogen and oxygen atoms in total. The van der Waals surface area contributed by atoms with Gasteiger partial charge in [0, 0.05) is 6.54 Å². The first kappa shape index (κ1) is 15.5. The van der Waals surface area contributed by atoms with E-state index in [1.807, 2.05) is 0 Å². The number of nitrogens with zero attached hydrogens (tertiary/aromatic N) is 4. The summed E-state index contributed by atoms with van der Waals surface area (Å²) in [5.74, 6) is -0.561. The van der Waals surface area contributed by atoms with Gasteiger partial charge in [0.05, 0.1) is 6.33 Å². The van der Waals surface area contributed by atoms with E-state index >= 15 is 0 Å². The molecule has 0 aromatic carbocycles. The molecule has 2 aromatic heterocycles. The number of anilines is 1. The largest absolute Gasteiger partial charge is 0.387 e. The highest BCUT2D eigenvalue weighted by Crippen LogP contribution is 2.31. The molecule has 1 fully saturated rings. The zero-order valence-electron chi connectivity index (χ0n) is 11.8. The van der Waals surface area contributed by atoms with E-state index in [1.54, 1.807) is 0 Å². The molecule has 1 aliphatic heterocycles. The minimum absolute atomic E-state index is 0.152. The standard InChI is InChI=1S/C12H15FN6O4/c13-1-2-15-11(22)8-6(20)7(21)12(23-8)19-4-18-5-9(14)16-3-17-10(5)19/h3-4,6-8,12,20-21H,1-2H2,(H,15,22)(H2,14,16,17)/t6-,7+,8?,12+/m0/s1/i13-1. The number of halogens is 1. The maximum absolute atomic E-state index is 12.1. The summed E-state index contributed by atoms with van der Waals surface area (Å²) in [5, 5.41) is 22.4. The number of aliphatic hydroxyl groups is 2. The number of rotatable bonds is 4. The van der Waals surface area contributed by atoms with Crippen LogP contribution in [0.3, 0.4) is 0 Å². The van der Waals surface area contributed by atoms with Crippen molar-refractivity contribution in [3.05, 3.63) is 12.7 Å². The summed E-state index contributed by atoms with van der Waals surface area (Å²) in [5.41, 5.74) is 6.28. The summed E-state index contributed by atoms with van der Waals surface area (Å²) in [6, 6.07) is 0. The molecule has 0 radical (unpaired) electrons. The fourth-order valence-electron chi connectivity index (χ4n) is 2.43. The lowest BCUT2D eigenvalue weighted by Crippen LogP contribution is -2.43. The first-order valence-corrected chi connectivity index (χ1v) is 6.83. The average Bonchev–Trinajstić information content (AvgIpc) is 3.09. The number of amides is 1. The number of hydrogen-bond acceptors (Lipinski definition) is 8. The summed E-state index contributed by atoms with van der Waals surface area (Å²) in [4.78, 5) is 23.7. The van der Waals surface area contributed by atoms with Crippen molar-refractivity contribution in [3.8, 4) is 0 Å². The molecule has 0 aliphatic carbocycles. The Bertz CT molecular complexity index is 725. The van der Waals surface area contributed by atoms with Crippen LogP contribution in [0.2, 0.25) is 0 Å². The number of aliphatic hydroxyl groups excluding tert-OH is 2. The molecule has 1 amide bonds. The van der Waals surface area contributed by atoms with Gasteiger partial charge in [-0.05, 0) is 0 Å². The van der Waals surface area contributed by atoms with E-state index in [0.29, 0.717) is 11.2 Å². The lowest BCUT2D eigenvalue weighted by Gasteiger charge is -2.16. The van der Waals surface area contributed by atoms with E-state index in [2.05, 4.69) is 20.3 Å². The summed E-state index contributed by atoms with van der Waals surface area (Å²) < 4.78 is 18.9. The second-order valence-electron chi connectivity index (χ2n) is 4.99. The number of nitrogens with two attached hydrogens (primary N) is 1. The Kier molecular flexibility index (Phi) is 4.07.